The first-order valence-corrected chi connectivity index (χ1v) is 8.52. The number of nitrogens with zero attached hydrogens (tertiary/aromatic N) is 2. The van der Waals surface area contributed by atoms with Gasteiger partial charge in [-0.2, -0.15) is 0 Å². The Bertz CT molecular complexity index is 1170. The lowest BCUT2D eigenvalue weighted by Gasteiger charge is -2.09. The molecule has 2 aromatic heterocycles. The zero-order valence-corrected chi connectivity index (χ0v) is 13.9. The number of hydrogen-bond acceptors (Lipinski definition) is 1. The highest BCUT2D eigenvalue weighted by molar-refractivity contribution is 6.09. The standard InChI is InChI=1S/C23H15FN2/c24-17-11-14-21(25-15-17)16-9-12-18(13-10-16)26-22-7-3-1-5-19(22)20-6-2-4-8-23(20)26/h1-15H. The summed E-state index contributed by atoms with van der Waals surface area (Å²) in [6, 6.07) is 28.2. The molecule has 5 aromatic rings. The third kappa shape index (κ3) is 2.29. The van der Waals surface area contributed by atoms with Crippen molar-refractivity contribution in [2.24, 2.45) is 0 Å². The largest absolute Gasteiger partial charge is 0.309 e. The summed E-state index contributed by atoms with van der Waals surface area (Å²) < 4.78 is 15.4. The fourth-order valence-corrected chi connectivity index (χ4v) is 3.53. The fourth-order valence-electron chi connectivity index (χ4n) is 3.53. The van der Waals surface area contributed by atoms with Crippen molar-refractivity contribution in [1.29, 1.82) is 0 Å². The molecule has 0 fully saturated rings. The number of fused-ring (bicyclic) bond motifs is 3. The molecule has 26 heavy (non-hydrogen) atoms. The van der Waals surface area contributed by atoms with Crippen molar-refractivity contribution in [2.75, 3.05) is 0 Å². The smallest absolute Gasteiger partial charge is 0.141 e. The summed E-state index contributed by atoms with van der Waals surface area (Å²) >= 11 is 0. The number of hydrogen-bond donors (Lipinski definition) is 0. The van der Waals surface area contributed by atoms with Gasteiger partial charge in [-0.15, -0.1) is 0 Å². The summed E-state index contributed by atoms with van der Waals surface area (Å²) in [5.41, 5.74) is 5.19. The number of aromatic nitrogens is 2. The first-order valence-electron chi connectivity index (χ1n) is 8.52. The van der Waals surface area contributed by atoms with E-state index in [0.29, 0.717) is 0 Å². The van der Waals surface area contributed by atoms with Gasteiger partial charge in [0.2, 0.25) is 0 Å². The van der Waals surface area contributed by atoms with Crippen molar-refractivity contribution in [3.05, 3.63) is 96.9 Å². The van der Waals surface area contributed by atoms with Crippen LogP contribution in [-0.2, 0) is 0 Å². The van der Waals surface area contributed by atoms with Crippen molar-refractivity contribution >= 4 is 21.8 Å². The maximum atomic E-state index is 13.1. The predicted molar refractivity (Wildman–Crippen MR) is 104 cm³/mol. The Labute approximate surface area is 150 Å². The molecule has 0 radical (unpaired) electrons. The third-order valence-corrected chi connectivity index (χ3v) is 4.73. The van der Waals surface area contributed by atoms with E-state index in [4.69, 9.17) is 0 Å². The molecule has 0 bridgehead atoms. The molecular formula is C23H15FN2. The van der Waals surface area contributed by atoms with Crippen molar-refractivity contribution in [2.45, 2.75) is 0 Å². The molecule has 0 saturated carbocycles. The van der Waals surface area contributed by atoms with E-state index in [2.05, 4.69) is 70.2 Å². The predicted octanol–water partition coefficient (Wildman–Crippen LogP) is 5.98. The van der Waals surface area contributed by atoms with E-state index >= 15 is 0 Å². The molecule has 0 spiro atoms. The quantitative estimate of drug-likeness (QED) is 0.387. The van der Waals surface area contributed by atoms with Crippen LogP contribution in [0.15, 0.2) is 91.1 Å². The minimum absolute atomic E-state index is 0.323. The number of rotatable bonds is 2. The summed E-state index contributed by atoms with van der Waals surface area (Å²) in [4.78, 5) is 4.16. The Hall–Kier alpha value is -3.46. The van der Waals surface area contributed by atoms with Crippen molar-refractivity contribution in [1.82, 2.24) is 9.55 Å². The number of halogens is 1. The fraction of sp³-hybridized carbons (Fsp3) is 0. The van der Waals surface area contributed by atoms with Crippen LogP contribution in [0.4, 0.5) is 4.39 Å². The van der Waals surface area contributed by atoms with Gasteiger partial charge in [-0.1, -0.05) is 48.5 Å². The van der Waals surface area contributed by atoms with Gasteiger partial charge in [0.1, 0.15) is 5.82 Å². The van der Waals surface area contributed by atoms with Gasteiger partial charge >= 0.3 is 0 Å². The molecule has 2 nitrogen and oxygen atoms in total. The van der Waals surface area contributed by atoms with Crippen LogP contribution in [0.25, 0.3) is 38.8 Å². The van der Waals surface area contributed by atoms with Gasteiger partial charge in [0.25, 0.3) is 0 Å². The highest BCUT2D eigenvalue weighted by atomic mass is 19.1. The minimum atomic E-state index is -0.323. The third-order valence-electron chi connectivity index (χ3n) is 4.73. The Balaban J connectivity index is 1.69. The molecule has 0 unspecified atom stereocenters. The summed E-state index contributed by atoms with van der Waals surface area (Å²) in [5, 5.41) is 2.49. The molecule has 2 heterocycles. The first-order chi connectivity index (χ1) is 12.8. The second kappa shape index (κ2) is 5.81. The van der Waals surface area contributed by atoms with Crippen LogP contribution in [0.5, 0.6) is 0 Å². The van der Waals surface area contributed by atoms with Crippen molar-refractivity contribution in [3.63, 3.8) is 0 Å². The maximum Gasteiger partial charge on any atom is 0.141 e. The van der Waals surface area contributed by atoms with Gasteiger partial charge in [0, 0.05) is 22.0 Å². The van der Waals surface area contributed by atoms with Gasteiger partial charge in [-0.3, -0.25) is 4.98 Å². The van der Waals surface area contributed by atoms with Crippen molar-refractivity contribution in [3.8, 4) is 16.9 Å². The zero-order valence-electron chi connectivity index (χ0n) is 13.9. The summed E-state index contributed by atoms with van der Waals surface area (Å²) in [7, 11) is 0. The number of pyridine rings is 1. The van der Waals surface area contributed by atoms with Gasteiger partial charge in [0.05, 0.1) is 22.9 Å². The van der Waals surface area contributed by atoms with Crippen LogP contribution in [0, 0.1) is 5.82 Å². The molecule has 0 amide bonds. The topological polar surface area (TPSA) is 17.8 Å². The Morgan fingerprint density at radius 3 is 1.85 bits per heavy atom. The van der Waals surface area contributed by atoms with Crippen LogP contribution in [0.3, 0.4) is 0 Å². The van der Waals surface area contributed by atoms with E-state index in [1.807, 2.05) is 12.1 Å². The minimum Gasteiger partial charge on any atom is -0.309 e. The molecule has 0 aliphatic heterocycles. The van der Waals surface area contributed by atoms with Gasteiger partial charge in [-0.25, -0.2) is 4.39 Å². The first kappa shape index (κ1) is 14.8. The van der Waals surface area contributed by atoms with E-state index in [9.17, 15) is 4.39 Å². The SMILES string of the molecule is Fc1ccc(-c2ccc(-n3c4ccccc4c4ccccc43)cc2)nc1. The van der Waals surface area contributed by atoms with Crippen LogP contribution in [0.2, 0.25) is 0 Å². The average molecular weight is 338 g/mol. The van der Waals surface area contributed by atoms with Gasteiger partial charge in [0.15, 0.2) is 0 Å². The van der Waals surface area contributed by atoms with E-state index in [1.165, 1.54) is 34.1 Å². The zero-order chi connectivity index (χ0) is 17.5. The van der Waals surface area contributed by atoms with Gasteiger partial charge < -0.3 is 4.57 Å². The van der Waals surface area contributed by atoms with Crippen molar-refractivity contribution < 1.29 is 4.39 Å². The van der Waals surface area contributed by atoms with E-state index in [1.54, 1.807) is 6.07 Å². The molecule has 3 aromatic carbocycles. The van der Waals surface area contributed by atoms with Crippen LogP contribution in [0.1, 0.15) is 0 Å². The highest BCUT2D eigenvalue weighted by Crippen LogP contribution is 2.32. The lowest BCUT2D eigenvalue weighted by atomic mass is 10.1. The lowest BCUT2D eigenvalue weighted by molar-refractivity contribution is 0.622. The monoisotopic (exact) mass is 338 g/mol. The summed E-state index contributed by atoms with van der Waals surface area (Å²) in [6.07, 6.45) is 1.25. The molecule has 0 aliphatic carbocycles. The number of para-hydroxylation sites is 2. The molecule has 0 N–H and O–H groups in total. The van der Waals surface area contributed by atoms with Crippen LogP contribution < -0.4 is 0 Å². The molecular weight excluding hydrogens is 323 g/mol. The summed E-state index contributed by atoms with van der Waals surface area (Å²) in [5.74, 6) is -0.323. The van der Waals surface area contributed by atoms with E-state index in [0.717, 1.165) is 16.9 Å². The molecule has 3 heteroatoms. The molecule has 0 atom stereocenters. The molecule has 5 rings (SSSR count). The molecule has 0 saturated heterocycles. The average Bonchev–Trinajstić information content (AvgIpc) is 3.03. The molecule has 0 aliphatic rings. The van der Waals surface area contributed by atoms with Crippen LogP contribution in [-0.4, -0.2) is 9.55 Å². The highest BCUT2D eigenvalue weighted by Gasteiger charge is 2.11. The van der Waals surface area contributed by atoms with E-state index < -0.39 is 0 Å². The normalized spacial score (nSPS) is 11.3. The maximum absolute atomic E-state index is 13.1. The second-order valence-electron chi connectivity index (χ2n) is 6.28. The molecule has 124 valence electrons. The second-order valence-corrected chi connectivity index (χ2v) is 6.28. The lowest BCUT2D eigenvalue weighted by Crippen LogP contribution is -1.93. The van der Waals surface area contributed by atoms with Crippen LogP contribution >= 0.6 is 0 Å². The number of benzene rings is 3. The van der Waals surface area contributed by atoms with E-state index in [-0.39, 0.29) is 5.82 Å². The summed E-state index contributed by atoms with van der Waals surface area (Å²) in [6.45, 7) is 0. The van der Waals surface area contributed by atoms with Gasteiger partial charge in [-0.05, 0) is 36.4 Å². The Morgan fingerprint density at radius 2 is 1.27 bits per heavy atom. The Morgan fingerprint density at radius 1 is 0.654 bits per heavy atom. The Kier molecular flexibility index (Phi) is 3.32.